The molecule has 0 unspecified atom stereocenters. The van der Waals surface area contributed by atoms with Crippen LogP contribution < -0.4 is 9.64 Å². The van der Waals surface area contributed by atoms with Crippen molar-refractivity contribution in [1.29, 1.82) is 0 Å². The molecule has 3 amide bonds. The third-order valence-corrected chi connectivity index (χ3v) is 5.33. The molecule has 28 heavy (non-hydrogen) atoms. The Morgan fingerprint density at radius 3 is 2.39 bits per heavy atom. The van der Waals surface area contributed by atoms with E-state index in [9.17, 15) is 14.4 Å². The number of anilines is 1. The van der Waals surface area contributed by atoms with E-state index in [0.717, 1.165) is 5.69 Å². The van der Waals surface area contributed by atoms with Crippen LogP contribution in [0, 0.1) is 11.8 Å². The Labute approximate surface area is 166 Å². The second kappa shape index (κ2) is 8.63. The van der Waals surface area contributed by atoms with E-state index < -0.39 is 0 Å². The smallest absolute Gasteiger partial charge is 0.228 e. The van der Waals surface area contributed by atoms with Crippen LogP contribution in [0.2, 0.25) is 0 Å². The molecule has 0 N–H and O–H groups in total. The highest BCUT2D eigenvalue weighted by atomic mass is 16.5. The van der Waals surface area contributed by atoms with Gasteiger partial charge in [0.1, 0.15) is 5.75 Å². The second-order valence-electron chi connectivity index (χ2n) is 7.61. The van der Waals surface area contributed by atoms with Crippen LogP contribution in [0.5, 0.6) is 5.75 Å². The van der Waals surface area contributed by atoms with Crippen molar-refractivity contribution in [3.05, 3.63) is 24.3 Å². The van der Waals surface area contributed by atoms with Crippen molar-refractivity contribution in [2.24, 2.45) is 11.8 Å². The molecule has 2 fully saturated rings. The first-order valence-corrected chi connectivity index (χ1v) is 10.0. The summed E-state index contributed by atoms with van der Waals surface area (Å²) in [7, 11) is 0. The molecule has 0 bridgehead atoms. The second-order valence-corrected chi connectivity index (χ2v) is 7.61. The summed E-state index contributed by atoms with van der Waals surface area (Å²) in [5, 5.41) is 0. The van der Waals surface area contributed by atoms with Crippen molar-refractivity contribution < 1.29 is 19.1 Å². The topological polar surface area (TPSA) is 70.2 Å². The number of hydrogen-bond donors (Lipinski definition) is 0. The number of amides is 3. The van der Waals surface area contributed by atoms with Crippen LogP contribution in [0.25, 0.3) is 0 Å². The molecule has 3 rings (SSSR count). The summed E-state index contributed by atoms with van der Waals surface area (Å²) in [6.45, 7) is 8.72. The first-order valence-electron chi connectivity index (χ1n) is 10.0. The third kappa shape index (κ3) is 4.13. The first kappa shape index (κ1) is 20.2. The lowest BCUT2D eigenvalue weighted by Crippen LogP contribution is -2.53. The number of para-hydroxylation sites is 2. The summed E-state index contributed by atoms with van der Waals surface area (Å²) in [5.74, 6) is 0.345. The van der Waals surface area contributed by atoms with E-state index in [1.165, 1.54) is 0 Å². The minimum atomic E-state index is -0.352. The molecular weight excluding hydrogens is 358 g/mol. The SMILES string of the molecule is CCOc1ccccc1N1C[C@@H](C(=O)N2CCN(C(=O)C(C)C)CC2)CC1=O. The van der Waals surface area contributed by atoms with E-state index in [2.05, 4.69) is 0 Å². The van der Waals surface area contributed by atoms with Crippen molar-refractivity contribution in [2.75, 3.05) is 44.2 Å². The Balaban J connectivity index is 1.63. The average Bonchev–Trinajstić information content (AvgIpc) is 3.09. The Hall–Kier alpha value is -2.57. The highest BCUT2D eigenvalue weighted by Crippen LogP contribution is 2.33. The molecule has 2 aliphatic heterocycles. The van der Waals surface area contributed by atoms with Crippen molar-refractivity contribution in [3.8, 4) is 5.75 Å². The molecule has 152 valence electrons. The van der Waals surface area contributed by atoms with E-state index in [-0.39, 0.29) is 36.0 Å². The number of hydrogen-bond acceptors (Lipinski definition) is 4. The molecule has 1 aromatic rings. The van der Waals surface area contributed by atoms with Gasteiger partial charge in [0.25, 0.3) is 0 Å². The zero-order valence-electron chi connectivity index (χ0n) is 16.9. The van der Waals surface area contributed by atoms with Crippen molar-refractivity contribution >= 4 is 23.4 Å². The molecule has 1 aromatic carbocycles. The van der Waals surface area contributed by atoms with Gasteiger partial charge in [-0.1, -0.05) is 26.0 Å². The number of ether oxygens (including phenoxy) is 1. The van der Waals surface area contributed by atoms with Gasteiger partial charge in [0.05, 0.1) is 18.2 Å². The first-order chi connectivity index (χ1) is 13.4. The molecule has 1 atom stereocenters. The lowest BCUT2D eigenvalue weighted by Gasteiger charge is -2.36. The van der Waals surface area contributed by atoms with Crippen molar-refractivity contribution in [1.82, 2.24) is 9.80 Å². The predicted octanol–water partition coefficient (Wildman–Crippen LogP) is 1.76. The lowest BCUT2D eigenvalue weighted by molar-refractivity contribution is -0.143. The van der Waals surface area contributed by atoms with Crippen molar-refractivity contribution in [3.63, 3.8) is 0 Å². The zero-order valence-corrected chi connectivity index (χ0v) is 16.9. The Morgan fingerprint density at radius 2 is 1.75 bits per heavy atom. The molecule has 2 saturated heterocycles. The van der Waals surface area contributed by atoms with Gasteiger partial charge in [0, 0.05) is 45.1 Å². The number of carbonyl (C=O) groups is 3. The summed E-state index contributed by atoms with van der Waals surface area (Å²) in [5.41, 5.74) is 0.719. The molecule has 0 spiro atoms. The van der Waals surface area contributed by atoms with Crippen LogP contribution in [-0.4, -0.2) is 66.9 Å². The van der Waals surface area contributed by atoms with Gasteiger partial charge < -0.3 is 19.4 Å². The number of rotatable bonds is 5. The van der Waals surface area contributed by atoms with E-state index in [4.69, 9.17) is 4.74 Å². The van der Waals surface area contributed by atoms with Gasteiger partial charge in [-0.3, -0.25) is 14.4 Å². The fourth-order valence-electron chi connectivity index (χ4n) is 3.83. The minimum Gasteiger partial charge on any atom is -0.492 e. The highest BCUT2D eigenvalue weighted by molar-refractivity contribution is 6.01. The maximum absolute atomic E-state index is 13.0. The molecule has 0 aromatic heterocycles. The summed E-state index contributed by atoms with van der Waals surface area (Å²) in [4.78, 5) is 42.9. The van der Waals surface area contributed by atoms with E-state index >= 15 is 0 Å². The number of nitrogens with zero attached hydrogens (tertiary/aromatic N) is 3. The Bertz CT molecular complexity index is 741. The fraction of sp³-hybridized carbons (Fsp3) is 0.571. The van der Waals surface area contributed by atoms with E-state index in [1.54, 1.807) is 9.80 Å². The molecule has 2 aliphatic rings. The van der Waals surface area contributed by atoms with E-state index in [0.29, 0.717) is 45.1 Å². The third-order valence-electron chi connectivity index (χ3n) is 5.33. The Morgan fingerprint density at radius 1 is 1.11 bits per heavy atom. The maximum Gasteiger partial charge on any atom is 0.228 e. The van der Waals surface area contributed by atoms with Gasteiger partial charge in [-0.15, -0.1) is 0 Å². The summed E-state index contributed by atoms with van der Waals surface area (Å²) < 4.78 is 5.64. The van der Waals surface area contributed by atoms with Crippen LogP contribution in [0.3, 0.4) is 0 Å². The van der Waals surface area contributed by atoms with Gasteiger partial charge >= 0.3 is 0 Å². The predicted molar refractivity (Wildman–Crippen MR) is 106 cm³/mol. The molecule has 2 heterocycles. The normalized spacial score (nSPS) is 20.1. The number of benzene rings is 1. The van der Waals surface area contributed by atoms with Gasteiger partial charge in [-0.05, 0) is 19.1 Å². The molecular formula is C21H29N3O4. The standard InChI is InChI=1S/C21H29N3O4/c1-4-28-18-8-6-5-7-17(18)24-14-16(13-19(24)25)21(27)23-11-9-22(10-12-23)20(26)15(2)3/h5-8,15-16H,4,9-14H2,1-3H3/t16-/m0/s1. The number of carbonyl (C=O) groups excluding carboxylic acids is 3. The van der Waals surface area contributed by atoms with Crippen molar-refractivity contribution in [2.45, 2.75) is 27.2 Å². The molecule has 0 aliphatic carbocycles. The van der Waals surface area contributed by atoms with Crippen LogP contribution in [0.1, 0.15) is 27.2 Å². The van der Waals surface area contributed by atoms with Crippen LogP contribution >= 0.6 is 0 Å². The van der Waals surface area contributed by atoms with Gasteiger partial charge in [-0.25, -0.2) is 0 Å². The largest absolute Gasteiger partial charge is 0.492 e. The molecule has 0 saturated carbocycles. The van der Waals surface area contributed by atoms with E-state index in [1.807, 2.05) is 49.9 Å². The quantitative estimate of drug-likeness (QED) is 0.772. The van der Waals surface area contributed by atoms with Crippen LogP contribution in [0.15, 0.2) is 24.3 Å². The highest BCUT2D eigenvalue weighted by Gasteiger charge is 2.39. The van der Waals surface area contributed by atoms with Crippen LogP contribution in [-0.2, 0) is 14.4 Å². The van der Waals surface area contributed by atoms with Gasteiger partial charge in [0.15, 0.2) is 0 Å². The molecule has 7 heteroatoms. The average molecular weight is 387 g/mol. The van der Waals surface area contributed by atoms with Gasteiger partial charge in [0.2, 0.25) is 17.7 Å². The number of piperazine rings is 1. The zero-order chi connectivity index (χ0) is 20.3. The van der Waals surface area contributed by atoms with Gasteiger partial charge in [-0.2, -0.15) is 0 Å². The lowest BCUT2D eigenvalue weighted by atomic mass is 10.1. The molecule has 7 nitrogen and oxygen atoms in total. The molecule has 0 radical (unpaired) electrons. The Kier molecular flexibility index (Phi) is 6.21. The maximum atomic E-state index is 13.0. The summed E-state index contributed by atoms with van der Waals surface area (Å²) >= 11 is 0. The fourth-order valence-corrected chi connectivity index (χ4v) is 3.83. The summed E-state index contributed by atoms with van der Waals surface area (Å²) in [6, 6.07) is 7.43. The van der Waals surface area contributed by atoms with Crippen LogP contribution in [0.4, 0.5) is 5.69 Å². The minimum absolute atomic E-state index is 0.00128. The summed E-state index contributed by atoms with van der Waals surface area (Å²) in [6.07, 6.45) is 0.213. The monoisotopic (exact) mass is 387 g/mol.